The highest BCUT2D eigenvalue weighted by atomic mass is 32.2. The van der Waals surface area contributed by atoms with Crippen molar-refractivity contribution in [3.05, 3.63) is 85.2 Å². The van der Waals surface area contributed by atoms with Gasteiger partial charge in [-0.05, 0) is 165 Å². The number of nitrogens with zero attached hydrogens (tertiary/aromatic N) is 4. The largest absolute Gasteiger partial charge is 0.494 e. The summed E-state index contributed by atoms with van der Waals surface area (Å²) in [5.74, 6) is -5.14. The first-order chi connectivity index (χ1) is 53.0. The first kappa shape index (κ1) is 84.8. The highest BCUT2D eigenvalue weighted by Crippen LogP contribution is 2.60. The van der Waals surface area contributed by atoms with E-state index in [4.69, 9.17) is 28.4 Å². The average molecular weight is 1600 g/mol. The molecule has 24 nitrogen and oxygen atoms in total. The van der Waals surface area contributed by atoms with Crippen LogP contribution in [0, 0.1) is 58.2 Å². The summed E-state index contributed by atoms with van der Waals surface area (Å²) in [7, 11) is -5.57. The molecule has 28 heteroatoms. The Morgan fingerprint density at radius 2 is 0.911 bits per heavy atom. The topological polar surface area (TPSA) is 317 Å². The minimum Gasteiger partial charge on any atom is -0.494 e. The molecular weight excluding hydrogens is 1480 g/mol. The van der Waals surface area contributed by atoms with Crippen LogP contribution in [0.1, 0.15) is 198 Å². The van der Waals surface area contributed by atoms with Gasteiger partial charge in [-0.1, -0.05) is 102 Å². The maximum Gasteiger partial charge on any atom is 0.307 e. The molecule has 0 unspecified atom stereocenters. The lowest BCUT2D eigenvalue weighted by atomic mass is 9.82. The molecule has 12 rings (SSSR count). The molecule has 6 heterocycles. The van der Waals surface area contributed by atoms with Gasteiger partial charge in [0.15, 0.2) is 11.6 Å². The fourth-order valence-corrected chi connectivity index (χ4v) is 19.7. The summed E-state index contributed by atoms with van der Waals surface area (Å²) in [6.45, 7) is 17.0. The first-order valence-electron chi connectivity index (χ1n) is 39.8. The molecule has 2 saturated heterocycles. The van der Waals surface area contributed by atoms with Gasteiger partial charge in [0.25, 0.3) is 0 Å². The summed E-state index contributed by atoms with van der Waals surface area (Å²) in [6.07, 6.45) is 14.9. The van der Waals surface area contributed by atoms with E-state index in [0.717, 1.165) is 23.6 Å². The van der Waals surface area contributed by atoms with Crippen LogP contribution < -0.4 is 28.4 Å². The summed E-state index contributed by atoms with van der Waals surface area (Å²) >= 11 is 0. The molecule has 4 aromatic rings. The molecule has 4 aliphatic carbocycles. The number of nitrogens with one attached hydrogen (secondary N) is 2. The first-order valence-corrected chi connectivity index (χ1v) is 42.8. The number of Topliss-reactive ketones (excluding diaryl/α,β-unsaturated/α-hetero) is 2. The molecule has 2 N–H and O–H groups in total. The monoisotopic (exact) mass is 1590 g/mol. The standard InChI is InChI=1S/2C42H56FN3O9S/c2*1-7-40(4,5)55-36(48)20-32-27(3)18-26(2)12-8-9-13-28-21-42(28,39(50)45-56(51,52)41(25-43)16-17-41)22-34(47)33-19-29(24-46(33)38(32)49)54-37-31-15-11-10-14-30(31)35(53-6)23-44-37/h2*9-11,13-15,23,26-29,32-33H,7-8,12,16-22,24-25H2,1-6H3,(H,45,50)/b2*13-9-/t26-,27+,28+,29+,32-,33-,42+;26-,27-,28-,29-,32+,33+,42-/m01/s1. The second kappa shape index (κ2) is 33.7. The highest BCUT2D eigenvalue weighted by Gasteiger charge is 2.66. The fourth-order valence-electron chi connectivity index (χ4n) is 16.8. The van der Waals surface area contributed by atoms with Crippen LogP contribution in [0.2, 0.25) is 0 Å². The minimum absolute atomic E-state index is 0.0154. The lowest BCUT2D eigenvalue weighted by molar-refractivity contribution is -0.162. The Bertz CT molecular complexity index is 4240. The maximum absolute atomic E-state index is 14.9. The van der Waals surface area contributed by atoms with Crippen LogP contribution in [0.3, 0.4) is 0 Å². The molecular formula is C84H112F2N6O18S2. The number of halogens is 2. The molecule has 4 saturated carbocycles. The normalized spacial score (nSPS) is 29.9. The van der Waals surface area contributed by atoms with Crippen molar-refractivity contribution in [3.8, 4) is 23.3 Å². The van der Waals surface area contributed by atoms with E-state index in [-0.39, 0.29) is 126 Å². The van der Waals surface area contributed by atoms with Crippen molar-refractivity contribution in [2.24, 2.45) is 58.2 Å². The Hall–Kier alpha value is -8.14. The summed E-state index contributed by atoms with van der Waals surface area (Å²) < 4.78 is 117. The number of aromatic nitrogens is 2. The Kier molecular flexibility index (Phi) is 25.5. The summed E-state index contributed by atoms with van der Waals surface area (Å²) in [6, 6.07) is 12.8. The van der Waals surface area contributed by atoms with Gasteiger partial charge in [-0.2, -0.15) is 0 Å². The molecule has 112 heavy (non-hydrogen) atoms. The molecule has 0 spiro atoms. The number of carbonyl (C=O) groups excluding carboxylic acids is 8. The quantitative estimate of drug-likeness (QED) is 0.0545. The van der Waals surface area contributed by atoms with Crippen molar-refractivity contribution in [2.45, 2.75) is 243 Å². The second-order valence-corrected chi connectivity index (χ2v) is 38.6. The Morgan fingerprint density at radius 1 is 0.554 bits per heavy atom. The number of carbonyl (C=O) groups is 8. The van der Waals surface area contributed by atoms with Gasteiger partial charge in [0, 0.05) is 47.2 Å². The van der Waals surface area contributed by atoms with Crippen LogP contribution in [-0.2, 0) is 67.9 Å². The third-order valence-corrected chi connectivity index (χ3v) is 29.5. The van der Waals surface area contributed by atoms with E-state index in [0.29, 0.717) is 72.6 Å². The van der Waals surface area contributed by atoms with Gasteiger partial charge in [0.05, 0.1) is 87.3 Å². The van der Waals surface area contributed by atoms with E-state index >= 15 is 0 Å². The van der Waals surface area contributed by atoms with Gasteiger partial charge in [-0.25, -0.2) is 35.6 Å². The molecule has 2 aromatic heterocycles. The van der Waals surface area contributed by atoms with E-state index < -0.39 is 148 Å². The van der Waals surface area contributed by atoms with Crippen LogP contribution in [0.25, 0.3) is 21.5 Å². The van der Waals surface area contributed by atoms with Crippen LogP contribution in [0.4, 0.5) is 8.78 Å². The molecule has 6 fully saturated rings. The molecule has 8 aliphatic rings. The van der Waals surface area contributed by atoms with Gasteiger partial charge in [0.2, 0.25) is 55.4 Å². The fraction of sp³-hybridized carbons (Fsp3) is 0.643. The second-order valence-electron chi connectivity index (χ2n) is 34.5. The van der Waals surface area contributed by atoms with E-state index in [1.54, 1.807) is 26.6 Å². The number of sulfonamides is 2. The van der Waals surface area contributed by atoms with Crippen LogP contribution in [0.5, 0.6) is 23.3 Å². The van der Waals surface area contributed by atoms with Crippen LogP contribution >= 0.6 is 0 Å². The van der Waals surface area contributed by atoms with Crippen molar-refractivity contribution in [3.63, 3.8) is 0 Å². The third-order valence-electron chi connectivity index (χ3n) is 25.3. The van der Waals surface area contributed by atoms with E-state index in [1.807, 2.05) is 128 Å². The van der Waals surface area contributed by atoms with Gasteiger partial charge >= 0.3 is 11.9 Å². The molecule has 4 aliphatic heterocycles. The number of methoxy groups -OCH3 is 2. The number of rotatable bonds is 22. The van der Waals surface area contributed by atoms with Gasteiger partial charge < -0.3 is 38.2 Å². The Labute approximate surface area is 656 Å². The maximum atomic E-state index is 14.9. The smallest absolute Gasteiger partial charge is 0.307 e. The number of alkyl halides is 2. The lowest BCUT2D eigenvalue weighted by Crippen LogP contribution is -2.48. The number of ketones is 2. The Morgan fingerprint density at radius 3 is 1.24 bits per heavy atom. The number of hydrogen-bond donors (Lipinski definition) is 2. The molecule has 0 radical (unpaired) electrons. The van der Waals surface area contributed by atoms with E-state index in [9.17, 15) is 64.0 Å². The third kappa shape index (κ3) is 18.3. The Balaban J connectivity index is 0.000000221. The van der Waals surface area contributed by atoms with Crippen LogP contribution in [-0.4, -0.2) is 169 Å². The zero-order valence-corrected chi connectivity index (χ0v) is 68.3. The zero-order valence-electron chi connectivity index (χ0n) is 66.7. The van der Waals surface area contributed by atoms with Crippen molar-refractivity contribution in [1.82, 2.24) is 29.2 Å². The van der Waals surface area contributed by atoms with Crippen molar-refractivity contribution in [1.29, 1.82) is 0 Å². The number of hydrogen-bond acceptors (Lipinski definition) is 20. The molecule has 4 amide bonds. The predicted octanol–water partition coefficient (Wildman–Crippen LogP) is 12.5. The summed E-state index contributed by atoms with van der Waals surface area (Å²) in [5.41, 5.74) is -4.23. The SMILES string of the molecule is CCC(C)(C)OC(=O)C[C@@H]1C(=O)N2C[C@H](Oc3ncc(OC)c4ccccc34)C[C@H]2C(=O)C[C@]2(C(=O)NS(=O)(=O)C3(CF)CC3)C[C@H]2/C=C\CC[C@@H](C)C[C@H]1C.CCC(C)(C)OC(=O)C[C@@H]1C(=O)N2C[C@H](Oc3ncc(OC)c4ccccc34)C[C@H]2C(=O)C[C@]2(C(=O)NS(=O)(=O)C3(CF)CC3)C[C@H]2/C=C\CC[C@H](C)C[C@H]1C. The number of allylic oxidation sites excluding steroid dienone is 4. The van der Waals surface area contributed by atoms with Gasteiger partial charge in [-0.15, -0.1) is 0 Å². The number of pyridine rings is 2. The zero-order chi connectivity index (χ0) is 81.3. The van der Waals surface area contributed by atoms with Crippen LogP contribution in [0.15, 0.2) is 85.2 Å². The van der Waals surface area contributed by atoms with E-state index in [1.165, 1.54) is 9.80 Å². The van der Waals surface area contributed by atoms with Gasteiger partial charge in [-0.3, -0.25) is 47.8 Å². The van der Waals surface area contributed by atoms with Gasteiger partial charge in [0.1, 0.15) is 57.8 Å². The summed E-state index contributed by atoms with van der Waals surface area (Å²) in [4.78, 5) is 126. The van der Waals surface area contributed by atoms with Crippen molar-refractivity contribution in [2.75, 3.05) is 40.7 Å². The van der Waals surface area contributed by atoms with Crippen molar-refractivity contribution >= 4 is 88.7 Å². The minimum atomic E-state index is -4.34. The lowest BCUT2D eigenvalue weighted by Gasteiger charge is -2.33. The number of fused-ring (bicyclic) bond motifs is 6. The number of esters is 2. The molecule has 612 valence electrons. The molecule has 14 atom stereocenters. The van der Waals surface area contributed by atoms with E-state index in [2.05, 4.69) is 33.3 Å². The highest BCUT2D eigenvalue weighted by molar-refractivity contribution is 7.92. The molecule has 2 aromatic carbocycles. The number of benzene rings is 2. The predicted molar refractivity (Wildman–Crippen MR) is 416 cm³/mol. The molecule has 0 bridgehead atoms. The average Bonchev–Trinajstić information content (AvgIpc) is 1.57. The summed E-state index contributed by atoms with van der Waals surface area (Å²) in [5, 5.41) is 2.91. The van der Waals surface area contributed by atoms with Crippen molar-refractivity contribution < 1.29 is 92.4 Å². The number of amides is 4. The number of ether oxygens (including phenoxy) is 6.